The molecular formula is C48H92O6. The molecule has 0 spiro atoms. The van der Waals surface area contributed by atoms with Crippen LogP contribution in [0.5, 0.6) is 0 Å². The maximum Gasteiger partial charge on any atom is 0.306 e. The molecular weight excluding hydrogens is 673 g/mol. The van der Waals surface area contributed by atoms with Gasteiger partial charge in [-0.15, -0.1) is 0 Å². The number of hydrogen-bond donors (Lipinski definition) is 0. The Balaban J connectivity index is 4.32. The molecule has 0 aliphatic carbocycles. The summed E-state index contributed by atoms with van der Waals surface area (Å²) in [7, 11) is 0. The summed E-state index contributed by atoms with van der Waals surface area (Å²) in [6, 6.07) is 0. The van der Waals surface area contributed by atoms with Crippen LogP contribution < -0.4 is 0 Å². The number of carbonyl (C=O) groups excluding carboxylic acids is 3. The van der Waals surface area contributed by atoms with Gasteiger partial charge in [-0.3, -0.25) is 14.4 Å². The summed E-state index contributed by atoms with van der Waals surface area (Å²) in [4.78, 5) is 37.7. The zero-order chi connectivity index (χ0) is 39.9. The second-order valence-corrected chi connectivity index (χ2v) is 17.6. The highest BCUT2D eigenvalue weighted by molar-refractivity contribution is 5.71. The van der Waals surface area contributed by atoms with E-state index < -0.39 is 6.10 Å². The van der Waals surface area contributed by atoms with Crippen molar-refractivity contribution in [2.75, 3.05) is 13.2 Å². The van der Waals surface area contributed by atoms with Gasteiger partial charge in [0, 0.05) is 19.3 Å². The molecule has 0 bridgehead atoms. The van der Waals surface area contributed by atoms with E-state index in [9.17, 15) is 14.4 Å². The van der Waals surface area contributed by atoms with Gasteiger partial charge in [0.15, 0.2) is 6.10 Å². The lowest BCUT2D eigenvalue weighted by molar-refractivity contribution is -0.167. The van der Waals surface area contributed by atoms with E-state index in [1.54, 1.807) is 0 Å². The van der Waals surface area contributed by atoms with Crippen LogP contribution in [-0.4, -0.2) is 37.2 Å². The van der Waals surface area contributed by atoms with Crippen LogP contribution >= 0.6 is 0 Å². The number of ether oxygens (including phenoxy) is 3. The molecule has 0 saturated heterocycles. The Morgan fingerprint density at radius 1 is 0.370 bits per heavy atom. The van der Waals surface area contributed by atoms with Gasteiger partial charge >= 0.3 is 17.9 Å². The first-order chi connectivity index (χ1) is 26.1. The Bertz CT molecular complexity index is 839. The van der Waals surface area contributed by atoms with Crippen LogP contribution in [0.3, 0.4) is 0 Å². The summed E-state index contributed by atoms with van der Waals surface area (Å²) >= 11 is 0. The van der Waals surface area contributed by atoms with Gasteiger partial charge in [0.05, 0.1) is 0 Å². The van der Waals surface area contributed by atoms with Gasteiger partial charge in [0.25, 0.3) is 0 Å². The highest BCUT2D eigenvalue weighted by atomic mass is 16.6. The Morgan fingerprint density at radius 3 is 0.963 bits per heavy atom. The highest BCUT2D eigenvalue weighted by Crippen LogP contribution is 2.17. The van der Waals surface area contributed by atoms with Crippen LogP contribution in [0.2, 0.25) is 0 Å². The second-order valence-electron chi connectivity index (χ2n) is 17.6. The molecule has 0 aromatic heterocycles. The quantitative estimate of drug-likeness (QED) is 0.0350. The van der Waals surface area contributed by atoms with Crippen molar-refractivity contribution < 1.29 is 28.6 Å². The highest BCUT2D eigenvalue weighted by Gasteiger charge is 2.19. The lowest BCUT2D eigenvalue weighted by Gasteiger charge is -2.18. The monoisotopic (exact) mass is 765 g/mol. The minimum Gasteiger partial charge on any atom is -0.462 e. The summed E-state index contributed by atoms with van der Waals surface area (Å²) < 4.78 is 16.7. The Labute approximate surface area is 336 Å². The number of carbonyl (C=O) groups is 3. The number of unbranched alkanes of at least 4 members (excludes halogenated alkanes) is 23. The van der Waals surface area contributed by atoms with Crippen LogP contribution in [0.4, 0.5) is 0 Å². The lowest BCUT2D eigenvalue weighted by Crippen LogP contribution is -2.30. The van der Waals surface area contributed by atoms with E-state index in [1.165, 1.54) is 135 Å². The molecule has 0 aromatic carbocycles. The van der Waals surface area contributed by atoms with E-state index in [1.807, 2.05) is 0 Å². The van der Waals surface area contributed by atoms with Crippen molar-refractivity contribution in [1.29, 1.82) is 0 Å². The number of hydrogen-bond acceptors (Lipinski definition) is 6. The smallest absolute Gasteiger partial charge is 0.306 e. The van der Waals surface area contributed by atoms with E-state index in [-0.39, 0.29) is 31.1 Å². The Morgan fingerprint density at radius 2 is 0.648 bits per heavy atom. The summed E-state index contributed by atoms with van der Waals surface area (Å²) in [5.41, 5.74) is 0. The van der Waals surface area contributed by atoms with Crippen LogP contribution in [0.15, 0.2) is 0 Å². The fraction of sp³-hybridized carbons (Fsp3) is 0.938. The molecule has 320 valence electrons. The molecule has 0 heterocycles. The maximum atomic E-state index is 12.7. The van der Waals surface area contributed by atoms with Crippen molar-refractivity contribution in [2.45, 2.75) is 260 Å². The van der Waals surface area contributed by atoms with Crippen molar-refractivity contribution in [1.82, 2.24) is 0 Å². The van der Waals surface area contributed by atoms with Crippen molar-refractivity contribution in [3.8, 4) is 0 Å². The van der Waals surface area contributed by atoms with E-state index in [4.69, 9.17) is 14.2 Å². The minimum absolute atomic E-state index is 0.0664. The average Bonchev–Trinajstić information content (AvgIpc) is 3.14. The second kappa shape index (κ2) is 39.6. The molecule has 54 heavy (non-hydrogen) atoms. The normalized spacial score (nSPS) is 12.7. The largest absolute Gasteiger partial charge is 0.462 e. The summed E-state index contributed by atoms with van der Waals surface area (Å²) in [6.07, 6.45) is 36.7. The maximum absolute atomic E-state index is 12.7. The molecule has 2 atom stereocenters. The molecule has 6 nitrogen and oxygen atoms in total. The van der Waals surface area contributed by atoms with Gasteiger partial charge in [-0.2, -0.15) is 0 Å². The van der Waals surface area contributed by atoms with Crippen molar-refractivity contribution >= 4 is 17.9 Å². The van der Waals surface area contributed by atoms with Crippen molar-refractivity contribution in [3.63, 3.8) is 0 Å². The van der Waals surface area contributed by atoms with E-state index in [2.05, 4.69) is 41.5 Å². The summed E-state index contributed by atoms with van der Waals surface area (Å²) in [5, 5.41) is 0. The number of esters is 3. The third-order valence-corrected chi connectivity index (χ3v) is 11.0. The third kappa shape index (κ3) is 40.1. The zero-order valence-corrected chi connectivity index (χ0v) is 37.0. The van der Waals surface area contributed by atoms with E-state index in [0.29, 0.717) is 19.3 Å². The first-order valence-electron chi connectivity index (χ1n) is 23.6. The molecule has 0 rings (SSSR count). The van der Waals surface area contributed by atoms with Crippen LogP contribution in [0.25, 0.3) is 0 Å². The standard InChI is InChI=1S/C48H92O6/c1-7-44(6)36-30-24-17-13-9-11-14-18-25-31-37-46(49)52-40-45(41-53-47(50)38-32-26-21-20-23-29-35-43(4)5)54-48(51)39-33-27-19-15-10-8-12-16-22-28-34-42(2)3/h42-45H,7-41H2,1-6H3/t44?,45-/m0/s1. The van der Waals surface area contributed by atoms with Crippen molar-refractivity contribution in [2.24, 2.45) is 17.8 Å². The molecule has 0 aliphatic heterocycles. The summed E-state index contributed by atoms with van der Waals surface area (Å²) in [5.74, 6) is 1.58. The lowest BCUT2D eigenvalue weighted by atomic mass is 9.99. The van der Waals surface area contributed by atoms with Crippen LogP contribution in [-0.2, 0) is 28.6 Å². The van der Waals surface area contributed by atoms with E-state index in [0.717, 1.165) is 75.5 Å². The average molecular weight is 765 g/mol. The van der Waals surface area contributed by atoms with Gasteiger partial charge in [-0.05, 0) is 37.0 Å². The minimum atomic E-state index is -0.762. The molecule has 0 N–H and O–H groups in total. The van der Waals surface area contributed by atoms with Gasteiger partial charge in [-0.25, -0.2) is 0 Å². The molecule has 1 unspecified atom stereocenters. The van der Waals surface area contributed by atoms with Crippen LogP contribution in [0.1, 0.15) is 253 Å². The van der Waals surface area contributed by atoms with Gasteiger partial charge < -0.3 is 14.2 Å². The van der Waals surface area contributed by atoms with Crippen molar-refractivity contribution in [3.05, 3.63) is 0 Å². The molecule has 0 amide bonds. The Kier molecular flexibility index (Phi) is 38.5. The third-order valence-electron chi connectivity index (χ3n) is 11.0. The molecule has 0 aliphatic rings. The van der Waals surface area contributed by atoms with Gasteiger partial charge in [-0.1, -0.05) is 215 Å². The first kappa shape index (κ1) is 52.4. The molecule has 6 heteroatoms. The first-order valence-corrected chi connectivity index (χ1v) is 23.6. The topological polar surface area (TPSA) is 78.9 Å². The fourth-order valence-electron chi connectivity index (χ4n) is 7.02. The molecule has 0 radical (unpaired) electrons. The molecule has 0 saturated carbocycles. The van der Waals surface area contributed by atoms with Gasteiger partial charge in [0.1, 0.15) is 13.2 Å². The SMILES string of the molecule is CCC(C)CCCCCCCCCCCCC(=O)OC[C@@H](COC(=O)CCCCCCCCC(C)C)OC(=O)CCCCCCCCCCCCC(C)C. The molecule has 0 fully saturated rings. The van der Waals surface area contributed by atoms with Gasteiger partial charge in [0.2, 0.25) is 0 Å². The van der Waals surface area contributed by atoms with Crippen LogP contribution in [0, 0.1) is 17.8 Å². The predicted molar refractivity (Wildman–Crippen MR) is 229 cm³/mol. The zero-order valence-electron chi connectivity index (χ0n) is 37.0. The Hall–Kier alpha value is -1.59. The summed E-state index contributed by atoms with van der Waals surface area (Å²) in [6.45, 7) is 13.6. The number of rotatable bonds is 41. The fourth-order valence-corrected chi connectivity index (χ4v) is 7.02. The van der Waals surface area contributed by atoms with E-state index >= 15 is 0 Å². The predicted octanol–water partition coefficient (Wildman–Crippen LogP) is 14.8. The molecule has 0 aromatic rings.